The highest BCUT2D eigenvalue weighted by atomic mass is 32.2. The first-order chi connectivity index (χ1) is 21.2. The summed E-state index contributed by atoms with van der Waals surface area (Å²) in [7, 11) is -2.49. The summed E-state index contributed by atoms with van der Waals surface area (Å²) in [6.07, 6.45) is 0.995. The van der Waals surface area contributed by atoms with Crippen molar-refractivity contribution in [2.24, 2.45) is 0 Å². The molecule has 0 unspecified atom stereocenters. The molecule has 3 N–H and O–H groups in total. The minimum Gasteiger partial charge on any atom is -0.390 e. The SMILES string of the molecule is CCCCCS(=O)(=O)N(C)[C@H]1CC=CCCCc2ccc(C(F)(F)F)cc2CNC[C@@H](O)[C@H](Cc2cc(F)cc(F)c2)NC1=O. The number of hydrogen-bond donors (Lipinski definition) is 3. The Morgan fingerprint density at radius 3 is 2.40 bits per heavy atom. The Morgan fingerprint density at radius 2 is 1.73 bits per heavy atom. The van der Waals surface area contributed by atoms with Gasteiger partial charge in [-0.2, -0.15) is 17.5 Å². The van der Waals surface area contributed by atoms with Crippen LogP contribution in [-0.2, 0) is 40.4 Å². The number of likely N-dealkylation sites (N-methyl/N-ethyl adjacent to an activating group) is 1. The van der Waals surface area contributed by atoms with Gasteiger partial charge in [0, 0.05) is 26.2 Å². The summed E-state index contributed by atoms with van der Waals surface area (Å²) >= 11 is 0. The molecule has 0 saturated carbocycles. The first kappa shape index (κ1) is 36.6. The number of aliphatic hydroxyl groups is 1. The molecule has 1 aliphatic rings. The molecule has 1 amide bonds. The largest absolute Gasteiger partial charge is 0.416 e. The van der Waals surface area contributed by atoms with Crippen LogP contribution in [0.2, 0.25) is 0 Å². The summed E-state index contributed by atoms with van der Waals surface area (Å²) in [5, 5.41) is 16.8. The zero-order valence-corrected chi connectivity index (χ0v) is 26.4. The molecule has 0 fully saturated rings. The number of carbonyl (C=O) groups is 1. The van der Waals surface area contributed by atoms with Crippen LogP contribution >= 0.6 is 0 Å². The summed E-state index contributed by atoms with van der Waals surface area (Å²) in [6, 6.07) is 4.08. The van der Waals surface area contributed by atoms with Crippen LogP contribution in [0, 0.1) is 11.6 Å². The normalized spacial score (nSPS) is 21.0. The van der Waals surface area contributed by atoms with Gasteiger partial charge in [0.2, 0.25) is 15.9 Å². The van der Waals surface area contributed by atoms with E-state index in [1.807, 2.05) is 6.92 Å². The molecule has 0 radical (unpaired) electrons. The van der Waals surface area contributed by atoms with Crippen molar-refractivity contribution in [2.75, 3.05) is 19.3 Å². The van der Waals surface area contributed by atoms with Crippen LogP contribution in [0.4, 0.5) is 22.0 Å². The molecule has 7 nitrogen and oxygen atoms in total. The first-order valence-electron chi connectivity index (χ1n) is 15.1. The number of hydrogen-bond acceptors (Lipinski definition) is 5. The van der Waals surface area contributed by atoms with E-state index in [9.17, 15) is 40.3 Å². The molecule has 0 spiro atoms. The van der Waals surface area contributed by atoms with Crippen LogP contribution in [0.1, 0.15) is 67.7 Å². The number of nitrogens with one attached hydrogen (secondary N) is 2. The Kier molecular flexibility index (Phi) is 13.5. The maximum Gasteiger partial charge on any atom is 0.416 e. The topological polar surface area (TPSA) is 98.7 Å². The Bertz CT molecular complexity index is 1400. The molecule has 2 aromatic rings. The standard InChI is InChI=1S/C32H42F5N3O4S/c1-3-4-9-14-45(43,44)40(2)29-11-8-6-5-7-10-23-12-13-25(32(35,36)37)18-24(23)20-38-21-30(41)28(39-31(29)42)17-22-15-26(33)19-27(34)16-22/h6,8,12-13,15-16,18-19,28-30,38,41H,3-5,7,9-11,14,17,20-21H2,1-2H3,(H,39,42)/t28-,29-,30+/m0/s1. The second-order valence-corrected chi connectivity index (χ2v) is 13.6. The van der Waals surface area contributed by atoms with E-state index in [-0.39, 0.29) is 37.2 Å². The minimum atomic E-state index is -4.53. The fourth-order valence-electron chi connectivity index (χ4n) is 5.30. The molecule has 3 rings (SSSR count). The van der Waals surface area contributed by atoms with Crippen LogP contribution in [0.15, 0.2) is 48.6 Å². The van der Waals surface area contributed by atoms with Gasteiger partial charge in [0.05, 0.1) is 23.5 Å². The molecule has 0 saturated heterocycles. The van der Waals surface area contributed by atoms with Gasteiger partial charge in [-0.15, -0.1) is 0 Å². The lowest BCUT2D eigenvalue weighted by molar-refractivity contribution is -0.137. The van der Waals surface area contributed by atoms with E-state index in [1.54, 1.807) is 12.2 Å². The lowest BCUT2D eigenvalue weighted by Gasteiger charge is -2.30. The molecule has 2 aromatic carbocycles. The van der Waals surface area contributed by atoms with Gasteiger partial charge in [0.1, 0.15) is 17.7 Å². The van der Waals surface area contributed by atoms with E-state index in [0.29, 0.717) is 49.3 Å². The molecule has 1 heterocycles. The molecule has 0 bridgehead atoms. The van der Waals surface area contributed by atoms with E-state index < -0.39 is 57.5 Å². The second kappa shape index (κ2) is 16.6. The molecule has 13 heteroatoms. The summed E-state index contributed by atoms with van der Waals surface area (Å²) in [5.74, 6) is -2.54. The van der Waals surface area contributed by atoms with E-state index in [0.717, 1.165) is 35.0 Å². The van der Waals surface area contributed by atoms with E-state index in [4.69, 9.17) is 0 Å². The monoisotopic (exact) mass is 659 g/mol. The summed E-state index contributed by atoms with van der Waals surface area (Å²) < 4.78 is 95.6. The predicted molar refractivity (Wildman–Crippen MR) is 163 cm³/mol. The van der Waals surface area contributed by atoms with Crippen LogP contribution in [0.25, 0.3) is 0 Å². The zero-order valence-electron chi connectivity index (χ0n) is 25.5. The number of β-amino-alcohol motifs (C(OH)–C–C–N with tert-alkyl or cyclic N) is 1. The van der Waals surface area contributed by atoms with Crippen molar-refractivity contribution in [1.29, 1.82) is 0 Å². The maximum atomic E-state index is 14.0. The van der Waals surface area contributed by atoms with Gasteiger partial charge >= 0.3 is 6.18 Å². The minimum absolute atomic E-state index is 0.0111. The number of carbonyl (C=O) groups excluding carboxylic acids is 1. The first-order valence-corrected chi connectivity index (χ1v) is 16.8. The van der Waals surface area contributed by atoms with Crippen molar-refractivity contribution in [1.82, 2.24) is 14.9 Å². The summed E-state index contributed by atoms with van der Waals surface area (Å²) in [5.41, 5.74) is 0.469. The highest BCUT2D eigenvalue weighted by Gasteiger charge is 2.34. The third-order valence-electron chi connectivity index (χ3n) is 7.90. The number of amides is 1. The molecule has 250 valence electrons. The van der Waals surface area contributed by atoms with Gasteiger partial charge in [-0.05, 0) is 79.5 Å². The van der Waals surface area contributed by atoms with Gasteiger partial charge in [-0.3, -0.25) is 4.79 Å². The third-order valence-corrected chi connectivity index (χ3v) is 9.84. The van der Waals surface area contributed by atoms with Crippen molar-refractivity contribution in [2.45, 2.75) is 89.2 Å². The van der Waals surface area contributed by atoms with Crippen LogP contribution in [0.3, 0.4) is 0 Å². The average Bonchev–Trinajstić information content (AvgIpc) is 2.95. The third kappa shape index (κ3) is 11.2. The Labute approximate surface area is 261 Å². The fourth-order valence-corrected chi connectivity index (χ4v) is 6.73. The molecule has 45 heavy (non-hydrogen) atoms. The number of rotatable bonds is 8. The van der Waals surface area contributed by atoms with Gasteiger partial charge in [0.25, 0.3) is 0 Å². The maximum absolute atomic E-state index is 14.0. The molecule has 1 aliphatic heterocycles. The number of aryl methyl sites for hydroxylation is 1. The number of unbranched alkanes of at least 4 members (excludes halogenated alkanes) is 2. The highest BCUT2D eigenvalue weighted by Crippen LogP contribution is 2.31. The number of aliphatic hydroxyl groups excluding tert-OH is 1. The zero-order chi connectivity index (χ0) is 33.2. The second-order valence-electron chi connectivity index (χ2n) is 11.4. The number of allylic oxidation sites excluding steroid dienone is 1. The summed E-state index contributed by atoms with van der Waals surface area (Å²) in [6.45, 7) is 1.75. The van der Waals surface area contributed by atoms with Gasteiger partial charge in [0.15, 0.2) is 0 Å². The average molecular weight is 660 g/mol. The molecular weight excluding hydrogens is 617 g/mol. The smallest absolute Gasteiger partial charge is 0.390 e. The molecular formula is C32H42F5N3O4S. The lowest BCUT2D eigenvalue weighted by Crippen LogP contribution is -2.55. The molecule has 3 atom stereocenters. The molecule has 0 aliphatic carbocycles. The van der Waals surface area contributed by atoms with Crippen molar-refractivity contribution < 1.29 is 40.3 Å². The van der Waals surface area contributed by atoms with Gasteiger partial charge in [-0.25, -0.2) is 17.2 Å². The van der Waals surface area contributed by atoms with Crippen LogP contribution in [0.5, 0.6) is 0 Å². The Balaban J connectivity index is 1.95. The van der Waals surface area contributed by atoms with E-state index >= 15 is 0 Å². The van der Waals surface area contributed by atoms with Crippen molar-refractivity contribution >= 4 is 15.9 Å². The predicted octanol–water partition coefficient (Wildman–Crippen LogP) is 5.26. The number of alkyl halides is 3. The number of fused-ring (bicyclic) bond motifs is 1. The number of sulfonamides is 1. The van der Waals surface area contributed by atoms with Gasteiger partial charge < -0.3 is 15.7 Å². The number of nitrogens with zero attached hydrogens (tertiary/aromatic N) is 1. The van der Waals surface area contributed by atoms with Gasteiger partial charge in [-0.1, -0.05) is 38.0 Å². The van der Waals surface area contributed by atoms with E-state index in [2.05, 4.69) is 10.6 Å². The van der Waals surface area contributed by atoms with Crippen molar-refractivity contribution in [3.63, 3.8) is 0 Å². The van der Waals surface area contributed by atoms with Crippen LogP contribution in [-0.4, -0.2) is 61.3 Å². The lowest BCUT2D eigenvalue weighted by atomic mass is 9.97. The van der Waals surface area contributed by atoms with E-state index in [1.165, 1.54) is 13.1 Å². The highest BCUT2D eigenvalue weighted by molar-refractivity contribution is 7.89. The summed E-state index contributed by atoms with van der Waals surface area (Å²) in [4.78, 5) is 13.7. The Morgan fingerprint density at radius 1 is 1.02 bits per heavy atom. The van der Waals surface area contributed by atoms with Crippen LogP contribution < -0.4 is 10.6 Å². The quantitative estimate of drug-likeness (QED) is 0.204. The van der Waals surface area contributed by atoms with Crippen molar-refractivity contribution in [3.8, 4) is 0 Å². The number of benzene rings is 2. The van der Waals surface area contributed by atoms with Crippen molar-refractivity contribution in [3.05, 3.63) is 82.4 Å². The fraction of sp³-hybridized carbons (Fsp3) is 0.531. The number of halogens is 5. The Hall–Kier alpha value is -2.87. The molecule has 0 aromatic heterocycles.